The van der Waals surface area contributed by atoms with E-state index >= 15 is 0 Å². The molecule has 0 bridgehead atoms. The van der Waals surface area contributed by atoms with Gasteiger partial charge in [0.2, 0.25) is 0 Å². The van der Waals surface area contributed by atoms with Gasteiger partial charge in [-0.15, -0.1) is 0 Å². The quantitative estimate of drug-likeness (QED) is 0.497. The summed E-state index contributed by atoms with van der Waals surface area (Å²) >= 11 is 0. The Bertz CT molecular complexity index is 198. The standard InChI is InChI=1S/C8H13N/c1-6-5-7(2)9(4)8(6)3/h5H,1-4H3. The van der Waals surface area contributed by atoms with E-state index < -0.39 is 0 Å². The van der Waals surface area contributed by atoms with E-state index in [1.54, 1.807) is 0 Å². The van der Waals surface area contributed by atoms with E-state index in [-0.39, 0.29) is 0 Å². The Hall–Kier alpha value is -0.720. The van der Waals surface area contributed by atoms with Crippen LogP contribution in [-0.2, 0) is 7.05 Å². The fraction of sp³-hybridized carbons (Fsp3) is 0.500. The van der Waals surface area contributed by atoms with Crippen LogP contribution in [0.5, 0.6) is 0 Å². The highest BCUT2D eigenvalue weighted by Gasteiger charge is 1.98. The van der Waals surface area contributed by atoms with Crippen molar-refractivity contribution in [2.75, 3.05) is 0 Å². The van der Waals surface area contributed by atoms with Crippen molar-refractivity contribution in [2.45, 2.75) is 20.8 Å². The Labute approximate surface area is 56.3 Å². The van der Waals surface area contributed by atoms with Crippen LogP contribution in [0.15, 0.2) is 6.07 Å². The largest absolute Gasteiger partial charge is 0.352 e. The lowest BCUT2D eigenvalue weighted by atomic mass is 10.3. The van der Waals surface area contributed by atoms with Gasteiger partial charge in [0.1, 0.15) is 0 Å². The number of nitrogens with zero attached hydrogens (tertiary/aromatic N) is 1. The van der Waals surface area contributed by atoms with Gasteiger partial charge in [0.15, 0.2) is 0 Å². The van der Waals surface area contributed by atoms with Crippen molar-refractivity contribution in [3.05, 3.63) is 23.0 Å². The number of hydrogen-bond donors (Lipinski definition) is 0. The van der Waals surface area contributed by atoms with E-state index in [9.17, 15) is 0 Å². The van der Waals surface area contributed by atoms with Crippen LogP contribution in [0.3, 0.4) is 0 Å². The minimum absolute atomic E-state index is 1.34. The summed E-state index contributed by atoms with van der Waals surface area (Å²) in [6, 6.07) is 2.20. The lowest BCUT2D eigenvalue weighted by Gasteiger charge is -1.97. The lowest BCUT2D eigenvalue weighted by molar-refractivity contribution is 0.840. The molecule has 0 radical (unpaired) electrons. The van der Waals surface area contributed by atoms with Crippen molar-refractivity contribution in [1.29, 1.82) is 0 Å². The van der Waals surface area contributed by atoms with E-state index in [2.05, 4.69) is 38.5 Å². The monoisotopic (exact) mass is 123 g/mol. The maximum absolute atomic E-state index is 2.20. The van der Waals surface area contributed by atoms with Gasteiger partial charge in [-0.2, -0.15) is 0 Å². The van der Waals surface area contributed by atoms with Crippen LogP contribution in [0, 0.1) is 20.8 Å². The molecule has 1 rings (SSSR count). The summed E-state index contributed by atoms with van der Waals surface area (Å²) in [7, 11) is 2.09. The smallest absolute Gasteiger partial charge is 0.0172 e. The normalized spacial score (nSPS) is 10.2. The van der Waals surface area contributed by atoms with E-state index in [1.807, 2.05) is 0 Å². The highest BCUT2D eigenvalue weighted by Crippen LogP contribution is 2.10. The highest BCUT2D eigenvalue weighted by molar-refractivity contribution is 5.24. The first-order valence-electron chi connectivity index (χ1n) is 3.22. The summed E-state index contributed by atoms with van der Waals surface area (Å²) < 4.78 is 2.20. The summed E-state index contributed by atoms with van der Waals surface area (Å²) in [5, 5.41) is 0. The maximum atomic E-state index is 2.20. The molecule has 1 aromatic heterocycles. The first-order valence-corrected chi connectivity index (χ1v) is 3.22. The van der Waals surface area contributed by atoms with E-state index in [0.717, 1.165) is 0 Å². The van der Waals surface area contributed by atoms with Crippen molar-refractivity contribution in [3.63, 3.8) is 0 Å². The van der Waals surface area contributed by atoms with Crippen LogP contribution >= 0.6 is 0 Å². The topological polar surface area (TPSA) is 4.93 Å². The molecule has 1 nitrogen and oxygen atoms in total. The zero-order chi connectivity index (χ0) is 7.02. The second kappa shape index (κ2) is 1.90. The van der Waals surface area contributed by atoms with Gasteiger partial charge < -0.3 is 4.57 Å². The Morgan fingerprint density at radius 2 is 1.78 bits per heavy atom. The van der Waals surface area contributed by atoms with E-state index in [4.69, 9.17) is 0 Å². The van der Waals surface area contributed by atoms with Crippen LogP contribution in [-0.4, -0.2) is 4.57 Å². The second-order valence-electron chi connectivity index (χ2n) is 2.61. The summed E-state index contributed by atoms with van der Waals surface area (Å²) in [5.74, 6) is 0. The second-order valence-corrected chi connectivity index (χ2v) is 2.61. The van der Waals surface area contributed by atoms with Crippen molar-refractivity contribution in [2.24, 2.45) is 7.05 Å². The van der Waals surface area contributed by atoms with Gasteiger partial charge in [0, 0.05) is 18.4 Å². The molecule has 0 spiro atoms. The van der Waals surface area contributed by atoms with Crippen LogP contribution < -0.4 is 0 Å². The third kappa shape index (κ3) is 0.869. The van der Waals surface area contributed by atoms with Gasteiger partial charge in [0.25, 0.3) is 0 Å². The predicted octanol–water partition coefficient (Wildman–Crippen LogP) is 1.95. The molecule has 50 valence electrons. The van der Waals surface area contributed by atoms with Crippen LogP contribution in [0.25, 0.3) is 0 Å². The molecule has 0 aliphatic rings. The van der Waals surface area contributed by atoms with E-state index in [1.165, 1.54) is 17.0 Å². The molecule has 1 heteroatoms. The van der Waals surface area contributed by atoms with Gasteiger partial charge in [-0.05, 0) is 32.4 Å². The highest BCUT2D eigenvalue weighted by atomic mass is 14.9. The van der Waals surface area contributed by atoms with Crippen molar-refractivity contribution in [3.8, 4) is 0 Å². The third-order valence-electron chi connectivity index (χ3n) is 2.03. The first-order chi connectivity index (χ1) is 4.13. The van der Waals surface area contributed by atoms with Crippen LogP contribution in [0.1, 0.15) is 17.0 Å². The molecule has 9 heavy (non-hydrogen) atoms. The Morgan fingerprint density at radius 3 is 1.89 bits per heavy atom. The molecule has 1 heterocycles. The van der Waals surface area contributed by atoms with Crippen LogP contribution in [0.4, 0.5) is 0 Å². The zero-order valence-corrected chi connectivity index (χ0v) is 6.52. The lowest BCUT2D eigenvalue weighted by Crippen LogP contribution is -1.92. The summed E-state index contributed by atoms with van der Waals surface area (Å²) in [6.07, 6.45) is 0. The molecule has 0 atom stereocenters. The average molecular weight is 123 g/mol. The fourth-order valence-corrected chi connectivity index (χ4v) is 1.04. The molecule has 0 N–H and O–H groups in total. The molecular weight excluding hydrogens is 110 g/mol. The number of rotatable bonds is 0. The molecular formula is C8H13N. The van der Waals surface area contributed by atoms with Crippen molar-refractivity contribution >= 4 is 0 Å². The van der Waals surface area contributed by atoms with Gasteiger partial charge in [-0.3, -0.25) is 0 Å². The predicted molar refractivity (Wildman–Crippen MR) is 39.6 cm³/mol. The number of aromatic nitrogens is 1. The van der Waals surface area contributed by atoms with Gasteiger partial charge in [0.05, 0.1) is 0 Å². The molecule has 1 aromatic rings. The number of aryl methyl sites for hydroxylation is 2. The summed E-state index contributed by atoms with van der Waals surface area (Å²) in [5.41, 5.74) is 4.09. The van der Waals surface area contributed by atoms with E-state index in [0.29, 0.717) is 0 Å². The SMILES string of the molecule is Cc1cc(C)n(C)c1C. The molecule has 0 unspecified atom stereocenters. The minimum Gasteiger partial charge on any atom is -0.352 e. The van der Waals surface area contributed by atoms with Gasteiger partial charge in [-0.1, -0.05) is 0 Å². The molecule has 0 saturated heterocycles. The third-order valence-corrected chi connectivity index (χ3v) is 2.03. The van der Waals surface area contributed by atoms with Crippen molar-refractivity contribution < 1.29 is 0 Å². The fourth-order valence-electron chi connectivity index (χ4n) is 1.04. The minimum atomic E-state index is 1.34. The average Bonchev–Trinajstić information content (AvgIpc) is 1.98. The summed E-state index contributed by atoms with van der Waals surface area (Å²) in [4.78, 5) is 0. The number of hydrogen-bond acceptors (Lipinski definition) is 0. The molecule has 0 aliphatic heterocycles. The zero-order valence-electron chi connectivity index (χ0n) is 6.52. The molecule has 0 amide bonds. The van der Waals surface area contributed by atoms with Gasteiger partial charge in [-0.25, -0.2) is 0 Å². The van der Waals surface area contributed by atoms with Crippen molar-refractivity contribution in [1.82, 2.24) is 4.57 Å². The Kier molecular flexibility index (Phi) is 1.35. The first kappa shape index (κ1) is 6.40. The van der Waals surface area contributed by atoms with Crippen LogP contribution in [0.2, 0.25) is 0 Å². The van der Waals surface area contributed by atoms with Gasteiger partial charge >= 0.3 is 0 Å². The Balaban J connectivity index is 3.29. The Morgan fingerprint density at radius 1 is 1.22 bits per heavy atom. The molecule has 0 aromatic carbocycles. The summed E-state index contributed by atoms with van der Waals surface area (Å²) in [6.45, 7) is 6.41. The molecule has 0 saturated carbocycles. The maximum Gasteiger partial charge on any atom is 0.0172 e. The molecule has 0 aliphatic carbocycles. The molecule has 0 fully saturated rings.